The highest BCUT2D eigenvalue weighted by Crippen LogP contribution is 2.09. The van der Waals surface area contributed by atoms with Crippen LogP contribution in [-0.4, -0.2) is 17.5 Å². The Morgan fingerprint density at radius 1 is 1.60 bits per heavy atom. The van der Waals surface area contributed by atoms with Crippen molar-refractivity contribution in [1.29, 1.82) is 0 Å². The Morgan fingerprint density at radius 3 is 3.40 bits per heavy atom. The van der Waals surface area contributed by atoms with Gasteiger partial charge in [0.25, 0.3) is 0 Å². The summed E-state index contributed by atoms with van der Waals surface area (Å²) in [5, 5.41) is 1.94. The molecule has 0 aromatic rings. The van der Waals surface area contributed by atoms with Crippen LogP contribution in [0.2, 0.25) is 0 Å². The van der Waals surface area contributed by atoms with Crippen molar-refractivity contribution >= 4 is 5.84 Å². The van der Waals surface area contributed by atoms with Crippen molar-refractivity contribution in [2.75, 3.05) is 6.67 Å². The van der Waals surface area contributed by atoms with Gasteiger partial charge < -0.3 is 0 Å². The van der Waals surface area contributed by atoms with Crippen molar-refractivity contribution in [3.05, 3.63) is 23.9 Å². The van der Waals surface area contributed by atoms with E-state index < -0.39 is 0 Å². The first-order chi connectivity index (χ1) is 4.86. The first-order valence-electron chi connectivity index (χ1n) is 3.30. The van der Waals surface area contributed by atoms with E-state index in [1.165, 1.54) is 5.57 Å². The van der Waals surface area contributed by atoms with Gasteiger partial charge in [-0.15, -0.1) is 0 Å². The molecule has 0 unspecified atom stereocenters. The van der Waals surface area contributed by atoms with Gasteiger partial charge in [-0.25, -0.2) is 10.4 Å². The molecule has 2 rings (SSSR count). The highest BCUT2D eigenvalue weighted by atomic mass is 15.6. The number of nitrogens with zero attached hydrogens (tertiary/aromatic N) is 2. The van der Waals surface area contributed by atoms with Gasteiger partial charge in [0, 0.05) is 6.20 Å². The SMILES string of the molecule is CC1=CN2NCN=C2C=C1. The molecule has 0 atom stereocenters. The second-order valence-electron chi connectivity index (χ2n) is 2.41. The number of hydrogen-bond acceptors (Lipinski definition) is 3. The maximum absolute atomic E-state index is 4.19. The Balaban J connectivity index is 2.32. The van der Waals surface area contributed by atoms with Crippen molar-refractivity contribution < 1.29 is 0 Å². The van der Waals surface area contributed by atoms with Crippen molar-refractivity contribution in [3.8, 4) is 0 Å². The maximum atomic E-state index is 4.19. The Hall–Kier alpha value is -1.09. The summed E-state index contributed by atoms with van der Waals surface area (Å²) in [6.07, 6.45) is 6.10. The number of fused-ring (bicyclic) bond motifs is 1. The molecule has 52 valence electrons. The number of nitrogens with one attached hydrogen (secondary N) is 1. The Labute approximate surface area is 59.7 Å². The minimum atomic E-state index is 0.698. The lowest BCUT2D eigenvalue weighted by Crippen LogP contribution is -2.32. The summed E-state index contributed by atoms with van der Waals surface area (Å²) in [5.41, 5.74) is 4.33. The quantitative estimate of drug-likeness (QED) is 0.527. The van der Waals surface area contributed by atoms with Gasteiger partial charge in [-0.3, -0.25) is 5.01 Å². The maximum Gasteiger partial charge on any atom is 0.143 e. The van der Waals surface area contributed by atoms with Gasteiger partial charge in [-0.1, -0.05) is 6.08 Å². The van der Waals surface area contributed by atoms with Crippen molar-refractivity contribution in [2.45, 2.75) is 6.92 Å². The van der Waals surface area contributed by atoms with Crippen LogP contribution in [0.5, 0.6) is 0 Å². The van der Waals surface area contributed by atoms with Crippen LogP contribution in [0, 0.1) is 0 Å². The number of hydrazine groups is 1. The zero-order valence-electron chi connectivity index (χ0n) is 5.83. The molecular weight excluding hydrogens is 126 g/mol. The van der Waals surface area contributed by atoms with E-state index in [-0.39, 0.29) is 0 Å². The van der Waals surface area contributed by atoms with Crippen LogP contribution in [0.15, 0.2) is 28.9 Å². The van der Waals surface area contributed by atoms with Gasteiger partial charge >= 0.3 is 0 Å². The van der Waals surface area contributed by atoms with Gasteiger partial charge in [-0.2, -0.15) is 0 Å². The van der Waals surface area contributed by atoms with Crippen molar-refractivity contribution in [2.24, 2.45) is 4.99 Å². The first kappa shape index (κ1) is 5.68. The summed E-state index contributed by atoms with van der Waals surface area (Å²) in [5.74, 6) is 1.01. The second-order valence-corrected chi connectivity index (χ2v) is 2.41. The van der Waals surface area contributed by atoms with E-state index in [9.17, 15) is 0 Å². The Kier molecular flexibility index (Phi) is 1.11. The number of hydrogen-bond donors (Lipinski definition) is 1. The summed E-state index contributed by atoms with van der Waals surface area (Å²) < 4.78 is 0. The van der Waals surface area contributed by atoms with E-state index in [0.717, 1.165) is 5.84 Å². The lowest BCUT2D eigenvalue weighted by Gasteiger charge is -2.16. The average molecular weight is 135 g/mol. The molecule has 0 fully saturated rings. The molecule has 0 bridgehead atoms. The van der Waals surface area contributed by atoms with Crippen LogP contribution < -0.4 is 5.43 Å². The number of amidine groups is 1. The number of rotatable bonds is 0. The molecule has 0 aliphatic carbocycles. The van der Waals surface area contributed by atoms with Crippen molar-refractivity contribution in [1.82, 2.24) is 10.4 Å². The lowest BCUT2D eigenvalue weighted by atomic mass is 10.2. The molecule has 2 aliphatic rings. The molecule has 1 N–H and O–H groups in total. The van der Waals surface area contributed by atoms with Crippen LogP contribution >= 0.6 is 0 Å². The lowest BCUT2D eigenvalue weighted by molar-refractivity contribution is 0.449. The van der Waals surface area contributed by atoms with Crippen LogP contribution in [0.1, 0.15) is 6.92 Å². The Morgan fingerprint density at radius 2 is 2.50 bits per heavy atom. The number of aliphatic imine (C=N–C) groups is 1. The molecular formula is C7H9N3. The summed E-state index contributed by atoms with van der Waals surface area (Å²) in [4.78, 5) is 4.19. The standard InChI is InChI=1S/C7H9N3/c1-6-2-3-7-8-5-9-10(7)4-6/h2-4,9H,5H2,1H3. The van der Waals surface area contributed by atoms with Crippen LogP contribution in [0.25, 0.3) is 0 Å². The third-order valence-corrected chi connectivity index (χ3v) is 1.56. The van der Waals surface area contributed by atoms with Crippen LogP contribution in [0.3, 0.4) is 0 Å². The second kappa shape index (κ2) is 1.95. The smallest absolute Gasteiger partial charge is 0.143 e. The Bertz CT molecular complexity index is 237. The molecule has 3 nitrogen and oxygen atoms in total. The van der Waals surface area contributed by atoms with Gasteiger partial charge in [0.1, 0.15) is 12.5 Å². The first-order valence-corrected chi connectivity index (χ1v) is 3.30. The fourth-order valence-corrected chi connectivity index (χ4v) is 1.05. The fraction of sp³-hybridized carbons (Fsp3) is 0.286. The highest BCUT2D eigenvalue weighted by Gasteiger charge is 2.13. The minimum Gasteiger partial charge on any atom is -0.265 e. The van der Waals surface area contributed by atoms with Crippen LogP contribution in [-0.2, 0) is 0 Å². The molecule has 10 heavy (non-hydrogen) atoms. The summed E-state index contributed by atoms with van der Waals surface area (Å²) in [7, 11) is 0. The molecule has 0 saturated carbocycles. The van der Waals surface area contributed by atoms with Gasteiger partial charge in [0.2, 0.25) is 0 Å². The highest BCUT2D eigenvalue weighted by molar-refractivity contribution is 5.95. The van der Waals surface area contributed by atoms with E-state index in [4.69, 9.17) is 0 Å². The van der Waals surface area contributed by atoms with Gasteiger partial charge in [-0.05, 0) is 18.6 Å². The predicted molar refractivity (Wildman–Crippen MR) is 40.2 cm³/mol. The third-order valence-electron chi connectivity index (χ3n) is 1.56. The molecule has 0 radical (unpaired) electrons. The third kappa shape index (κ3) is 0.752. The molecule has 0 aromatic carbocycles. The topological polar surface area (TPSA) is 27.6 Å². The van der Waals surface area contributed by atoms with E-state index in [1.807, 2.05) is 17.3 Å². The van der Waals surface area contributed by atoms with Crippen molar-refractivity contribution in [3.63, 3.8) is 0 Å². The normalized spacial score (nSPS) is 22.3. The van der Waals surface area contributed by atoms with E-state index in [1.54, 1.807) is 0 Å². The molecule has 0 saturated heterocycles. The molecule has 0 spiro atoms. The molecule has 0 aromatic heterocycles. The van der Waals surface area contributed by atoms with Crippen LogP contribution in [0.4, 0.5) is 0 Å². The molecule has 0 amide bonds. The monoisotopic (exact) mass is 135 g/mol. The zero-order chi connectivity index (χ0) is 6.97. The van der Waals surface area contributed by atoms with E-state index in [2.05, 4.69) is 23.4 Å². The fourth-order valence-electron chi connectivity index (χ4n) is 1.05. The summed E-state index contributed by atoms with van der Waals surface area (Å²) in [6.45, 7) is 2.76. The van der Waals surface area contributed by atoms with E-state index >= 15 is 0 Å². The summed E-state index contributed by atoms with van der Waals surface area (Å²) in [6, 6.07) is 0. The average Bonchev–Trinajstić information content (AvgIpc) is 2.33. The zero-order valence-corrected chi connectivity index (χ0v) is 5.83. The number of allylic oxidation sites excluding steroid dienone is 2. The van der Waals surface area contributed by atoms with Gasteiger partial charge in [0.15, 0.2) is 0 Å². The predicted octanol–water partition coefficient (Wildman–Crippen LogP) is 0.636. The summed E-state index contributed by atoms with van der Waals surface area (Å²) >= 11 is 0. The van der Waals surface area contributed by atoms with Gasteiger partial charge in [0.05, 0.1) is 0 Å². The molecule has 3 heteroatoms. The molecule has 2 aliphatic heterocycles. The molecule has 2 heterocycles. The largest absolute Gasteiger partial charge is 0.265 e. The van der Waals surface area contributed by atoms with E-state index in [0.29, 0.717) is 6.67 Å². The minimum absolute atomic E-state index is 0.698.